The number of hydrogen-bond donors (Lipinski definition) is 0. The summed E-state index contributed by atoms with van der Waals surface area (Å²) >= 11 is 0. The van der Waals surface area contributed by atoms with Crippen molar-refractivity contribution in [2.75, 3.05) is 4.90 Å². The van der Waals surface area contributed by atoms with E-state index in [2.05, 4.69) is 199 Å². The van der Waals surface area contributed by atoms with Gasteiger partial charge in [-0.05, 0) is 109 Å². The van der Waals surface area contributed by atoms with Crippen molar-refractivity contribution >= 4 is 55.0 Å². The van der Waals surface area contributed by atoms with E-state index in [4.69, 9.17) is 0 Å². The van der Waals surface area contributed by atoms with Crippen LogP contribution in [0.25, 0.3) is 49.0 Å². The van der Waals surface area contributed by atoms with Crippen LogP contribution in [0, 0.1) is 0 Å². The van der Waals surface area contributed by atoms with E-state index >= 15 is 0 Å². The van der Waals surface area contributed by atoms with Gasteiger partial charge in [-0.2, -0.15) is 0 Å². The molecule has 0 fully saturated rings. The highest BCUT2D eigenvalue weighted by Gasteiger charge is 2.18. The predicted octanol–water partition coefficient (Wildman–Crippen LogP) is 13.4. The molecule has 0 saturated heterocycles. The van der Waals surface area contributed by atoms with Crippen LogP contribution in [0.3, 0.4) is 0 Å². The Morgan fingerprint density at radius 1 is 0.429 bits per heavy atom. The second-order valence-electron chi connectivity index (χ2n) is 13.0. The fraction of sp³-hybridized carbons (Fsp3) is 0.0417. The van der Waals surface area contributed by atoms with Crippen molar-refractivity contribution in [2.24, 2.45) is 0 Å². The van der Waals surface area contributed by atoms with Crippen LogP contribution in [0.1, 0.15) is 23.5 Å². The van der Waals surface area contributed by atoms with E-state index in [9.17, 15) is 0 Å². The number of anilines is 3. The molecule has 0 heterocycles. The smallest absolute Gasteiger partial charge is 0.0467 e. The van der Waals surface area contributed by atoms with E-state index in [1.165, 1.54) is 60.1 Å². The first-order valence-corrected chi connectivity index (χ1v) is 17.1. The molecule has 0 amide bonds. The maximum Gasteiger partial charge on any atom is 0.0467 e. The lowest BCUT2D eigenvalue weighted by Crippen LogP contribution is -2.10. The molecule has 1 atom stereocenters. The largest absolute Gasteiger partial charge is 0.310 e. The molecule has 0 saturated carbocycles. The SMILES string of the molecule is C1=CC(c2ccc(N(c3ccccc3)c3cccc(-c4ccc5c(ccc6ccc7ccccc7c65)c4)c3)cc2)CC(c2ccccc2)=C1. The van der Waals surface area contributed by atoms with Crippen LogP contribution in [-0.2, 0) is 0 Å². The number of allylic oxidation sites excluding steroid dienone is 4. The molecule has 49 heavy (non-hydrogen) atoms. The third-order valence-electron chi connectivity index (χ3n) is 9.98. The highest BCUT2D eigenvalue weighted by Crippen LogP contribution is 2.40. The van der Waals surface area contributed by atoms with Crippen LogP contribution in [0.2, 0.25) is 0 Å². The summed E-state index contributed by atoms with van der Waals surface area (Å²) < 4.78 is 0. The van der Waals surface area contributed by atoms with Crippen LogP contribution < -0.4 is 4.90 Å². The summed E-state index contributed by atoms with van der Waals surface area (Å²) in [5.74, 6) is 0.353. The lowest BCUT2D eigenvalue weighted by Gasteiger charge is -2.27. The molecule has 0 radical (unpaired) electrons. The molecule has 8 aromatic rings. The first kappa shape index (κ1) is 29.0. The van der Waals surface area contributed by atoms with Gasteiger partial charge in [0, 0.05) is 23.0 Å². The average molecular weight is 626 g/mol. The number of benzene rings is 8. The molecule has 1 aliphatic carbocycles. The highest BCUT2D eigenvalue weighted by molar-refractivity contribution is 6.20. The van der Waals surface area contributed by atoms with Crippen LogP contribution in [0.15, 0.2) is 194 Å². The van der Waals surface area contributed by atoms with Crippen LogP contribution in [-0.4, -0.2) is 0 Å². The van der Waals surface area contributed by atoms with E-state index in [0.717, 1.165) is 23.5 Å². The Morgan fingerprint density at radius 2 is 1.06 bits per heavy atom. The average Bonchev–Trinajstić information content (AvgIpc) is 3.19. The molecule has 0 spiro atoms. The summed E-state index contributed by atoms with van der Waals surface area (Å²) in [4.78, 5) is 2.36. The molecule has 1 aliphatic rings. The second-order valence-corrected chi connectivity index (χ2v) is 13.0. The summed E-state index contributed by atoms with van der Waals surface area (Å²) in [5, 5.41) is 7.72. The molecule has 0 N–H and O–H groups in total. The molecular weight excluding hydrogens is 591 g/mol. The monoisotopic (exact) mass is 625 g/mol. The summed E-state index contributed by atoms with van der Waals surface area (Å²) in [5.41, 5.74) is 9.84. The van der Waals surface area contributed by atoms with Gasteiger partial charge >= 0.3 is 0 Å². The minimum atomic E-state index is 0.353. The molecule has 8 aromatic carbocycles. The number of fused-ring (bicyclic) bond motifs is 5. The summed E-state index contributed by atoms with van der Waals surface area (Å²) in [6, 6.07) is 64.1. The maximum absolute atomic E-state index is 2.36. The standard InChI is InChI=1S/C48H35N/c1-3-11-34(12-4-1)38-14-9-15-39(31-38)35-25-28-44(29-26-35)49(43-17-5-2-6-18-43)45-19-10-16-40(33-45)41-27-30-47-42(32-41)24-23-37-22-21-36-13-7-8-20-46(36)48(37)47/h1-30,32-33,39H,31H2. The van der Waals surface area contributed by atoms with Gasteiger partial charge in [-0.1, -0.05) is 152 Å². The molecule has 1 unspecified atom stereocenters. The van der Waals surface area contributed by atoms with Crippen LogP contribution in [0.4, 0.5) is 17.1 Å². The predicted molar refractivity (Wildman–Crippen MR) is 210 cm³/mol. The van der Waals surface area contributed by atoms with E-state index in [0.29, 0.717) is 5.92 Å². The molecule has 0 bridgehead atoms. The van der Waals surface area contributed by atoms with E-state index in [1.807, 2.05) is 0 Å². The number of hydrogen-bond acceptors (Lipinski definition) is 1. The van der Waals surface area contributed by atoms with Crippen LogP contribution >= 0.6 is 0 Å². The topological polar surface area (TPSA) is 3.24 Å². The van der Waals surface area contributed by atoms with E-state index in [-0.39, 0.29) is 0 Å². The molecule has 1 heteroatoms. The Kier molecular flexibility index (Phi) is 7.37. The van der Waals surface area contributed by atoms with Gasteiger partial charge in [0.2, 0.25) is 0 Å². The van der Waals surface area contributed by atoms with E-state index in [1.54, 1.807) is 0 Å². The van der Waals surface area contributed by atoms with Crippen molar-refractivity contribution in [3.05, 3.63) is 205 Å². The molecular formula is C48H35N. The third-order valence-corrected chi connectivity index (χ3v) is 9.98. The zero-order valence-corrected chi connectivity index (χ0v) is 27.2. The number of nitrogens with zero attached hydrogens (tertiary/aromatic N) is 1. The lowest BCUT2D eigenvalue weighted by atomic mass is 9.85. The Bertz CT molecular complexity index is 2510. The Morgan fingerprint density at radius 3 is 1.90 bits per heavy atom. The normalized spacial score (nSPS) is 14.3. The zero-order chi connectivity index (χ0) is 32.6. The van der Waals surface area contributed by atoms with Gasteiger partial charge in [0.1, 0.15) is 0 Å². The first-order valence-electron chi connectivity index (χ1n) is 17.1. The third kappa shape index (κ3) is 5.50. The fourth-order valence-electron chi connectivity index (χ4n) is 7.51. The van der Waals surface area contributed by atoms with Gasteiger partial charge in [-0.3, -0.25) is 0 Å². The molecule has 232 valence electrons. The highest BCUT2D eigenvalue weighted by atomic mass is 15.1. The van der Waals surface area contributed by atoms with Crippen molar-refractivity contribution in [1.29, 1.82) is 0 Å². The molecule has 0 aromatic heterocycles. The van der Waals surface area contributed by atoms with Crippen molar-refractivity contribution in [3.63, 3.8) is 0 Å². The maximum atomic E-state index is 2.36. The van der Waals surface area contributed by atoms with Crippen molar-refractivity contribution < 1.29 is 0 Å². The van der Waals surface area contributed by atoms with Gasteiger partial charge in [0.15, 0.2) is 0 Å². The van der Waals surface area contributed by atoms with Gasteiger partial charge < -0.3 is 4.90 Å². The van der Waals surface area contributed by atoms with Crippen LogP contribution in [0.5, 0.6) is 0 Å². The minimum Gasteiger partial charge on any atom is -0.310 e. The number of rotatable bonds is 6. The van der Waals surface area contributed by atoms with E-state index < -0.39 is 0 Å². The summed E-state index contributed by atoms with van der Waals surface area (Å²) in [6.07, 6.45) is 7.80. The molecule has 9 rings (SSSR count). The Labute approximate surface area is 287 Å². The van der Waals surface area contributed by atoms with Crippen molar-refractivity contribution in [2.45, 2.75) is 12.3 Å². The quantitative estimate of drug-likeness (QED) is 0.166. The van der Waals surface area contributed by atoms with Gasteiger partial charge in [-0.15, -0.1) is 0 Å². The molecule has 0 aliphatic heterocycles. The minimum absolute atomic E-state index is 0.353. The first-order chi connectivity index (χ1) is 24.3. The van der Waals surface area contributed by atoms with Gasteiger partial charge in [-0.25, -0.2) is 0 Å². The Balaban J connectivity index is 1.06. The van der Waals surface area contributed by atoms with Gasteiger partial charge in [0.25, 0.3) is 0 Å². The zero-order valence-electron chi connectivity index (χ0n) is 27.2. The fourth-order valence-corrected chi connectivity index (χ4v) is 7.51. The van der Waals surface area contributed by atoms with Gasteiger partial charge in [0.05, 0.1) is 0 Å². The lowest BCUT2D eigenvalue weighted by molar-refractivity contribution is 0.867. The molecule has 1 nitrogen and oxygen atoms in total. The summed E-state index contributed by atoms with van der Waals surface area (Å²) in [7, 11) is 0. The van der Waals surface area contributed by atoms with Crippen molar-refractivity contribution in [1.82, 2.24) is 0 Å². The number of para-hydroxylation sites is 1. The van der Waals surface area contributed by atoms with Crippen molar-refractivity contribution in [3.8, 4) is 11.1 Å². The Hall–Kier alpha value is -6.18. The second kappa shape index (κ2) is 12.4. The summed E-state index contributed by atoms with van der Waals surface area (Å²) in [6.45, 7) is 0.